The van der Waals surface area contributed by atoms with Gasteiger partial charge in [-0.2, -0.15) is 4.37 Å². The number of hydrogen-bond acceptors (Lipinski definition) is 7. The number of nitrogens with zero attached hydrogens (tertiary/aromatic N) is 2. The van der Waals surface area contributed by atoms with Crippen LogP contribution in [0, 0.1) is 0 Å². The minimum Gasteiger partial charge on any atom is -0.497 e. The summed E-state index contributed by atoms with van der Waals surface area (Å²) in [5, 5.41) is 6.02. The van der Waals surface area contributed by atoms with Crippen LogP contribution in [0.2, 0.25) is 0 Å². The van der Waals surface area contributed by atoms with Gasteiger partial charge in [0.25, 0.3) is 11.8 Å². The number of carbonyl (C=O) groups excluding carboxylic acids is 3. The molecule has 1 aromatic carbocycles. The Balaban J connectivity index is 1.53. The van der Waals surface area contributed by atoms with E-state index in [1.54, 1.807) is 31.4 Å². The van der Waals surface area contributed by atoms with Crippen LogP contribution < -0.4 is 26.0 Å². The summed E-state index contributed by atoms with van der Waals surface area (Å²) in [7, 11) is 1.56. The van der Waals surface area contributed by atoms with Gasteiger partial charge in [0, 0.05) is 17.8 Å². The maximum atomic E-state index is 13.6. The van der Waals surface area contributed by atoms with Crippen LogP contribution in [-0.4, -0.2) is 47.8 Å². The van der Waals surface area contributed by atoms with Crippen molar-refractivity contribution in [3.8, 4) is 5.75 Å². The first-order valence-corrected chi connectivity index (χ1v) is 13.0. The largest absolute Gasteiger partial charge is 0.497 e. The van der Waals surface area contributed by atoms with Crippen molar-refractivity contribution in [1.82, 2.24) is 15.0 Å². The number of anilines is 2. The molecule has 2 fully saturated rings. The van der Waals surface area contributed by atoms with Crippen molar-refractivity contribution in [3.63, 3.8) is 0 Å². The number of nitrogens with one attached hydrogen (secondary N) is 2. The lowest BCUT2D eigenvalue weighted by molar-refractivity contribution is -0.120. The van der Waals surface area contributed by atoms with E-state index in [-0.39, 0.29) is 46.7 Å². The second-order valence-corrected chi connectivity index (χ2v) is 9.99. The van der Waals surface area contributed by atoms with E-state index in [1.807, 2.05) is 0 Å². The molecule has 2 aliphatic rings. The molecular weight excluding hydrogens is 466 g/mol. The average Bonchev–Trinajstić information content (AvgIpc) is 3.52. The molecule has 0 atom stereocenters. The Labute approximate surface area is 209 Å². The van der Waals surface area contributed by atoms with Gasteiger partial charge in [0.05, 0.1) is 12.8 Å². The quantitative estimate of drug-likeness (QED) is 0.510. The van der Waals surface area contributed by atoms with Gasteiger partial charge >= 0.3 is 0 Å². The number of aromatic nitrogens is 1. The molecule has 2 saturated carbocycles. The monoisotopic (exact) mass is 499 g/mol. The van der Waals surface area contributed by atoms with Crippen LogP contribution in [0.15, 0.2) is 24.3 Å². The van der Waals surface area contributed by atoms with Gasteiger partial charge in [-0.15, -0.1) is 0 Å². The summed E-state index contributed by atoms with van der Waals surface area (Å²) in [5.41, 5.74) is 6.89. The lowest BCUT2D eigenvalue weighted by atomic mass is 9.95. The zero-order valence-electron chi connectivity index (χ0n) is 20.0. The minimum absolute atomic E-state index is 0.0445. The first-order chi connectivity index (χ1) is 17.0. The lowest BCUT2D eigenvalue weighted by Gasteiger charge is -2.23. The highest BCUT2D eigenvalue weighted by Gasteiger charge is 2.29. The maximum Gasteiger partial charge on any atom is 0.273 e. The Morgan fingerprint density at radius 2 is 1.60 bits per heavy atom. The van der Waals surface area contributed by atoms with Gasteiger partial charge in [-0.1, -0.05) is 32.1 Å². The predicted octanol–water partition coefficient (Wildman–Crippen LogP) is 3.50. The Hall–Kier alpha value is -3.14. The third kappa shape index (κ3) is 6.11. The fraction of sp³-hybridized carbons (Fsp3) is 0.520. The van der Waals surface area contributed by atoms with Gasteiger partial charge in [-0.3, -0.25) is 19.3 Å². The number of carbonyl (C=O) groups is 3. The first kappa shape index (κ1) is 25.0. The van der Waals surface area contributed by atoms with Crippen molar-refractivity contribution in [1.29, 1.82) is 0 Å². The zero-order valence-corrected chi connectivity index (χ0v) is 20.9. The molecule has 2 aliphatic carbocycles. The molecule has 9 nitrogen and oxygen atoms in total. The average molecular weight is 500 g/mol. The highest BCUT2D eigenvalue weighted by atomic mass is 32.1. The van der Waals surface area contributed by atoms with Gasteiger partial charge in [-0.05, 0) is 61.5 Å². The number of nitrogens with two attached hydrogens (primary N) is 1. The van der Waals surface area contributed by atoms with Crippen LogP contribution in [0.4, 0.5) is 11.4 Å². The van der Waals surface area contributed by atoms with Crippen LogP contribution in [0.1, 0.15) is 77.9 Å². The second-order valence-electron chi connectivity index (χ2n) is 9.22. The van der Waals surface area contributed by atoms with E-state index >= 15 is 0 Å². The van der Waals surface area contributed by atoms with Crippen molar-refractivity contribution in [2.24, 2.45) is 0 Å². The molecule has 0 radical (unpaired) electrons. The fourth-order valence-corrected chi connectivity index (χ4v) is 5.52. The van der Waals surface area contributed by atoms with Crippen molar-refractivity contribution in [2.75, 3.05) is 24.3 Å². The van der Waals surface area contributed by atoms with Crippen LogP contribution >= 0.6 is 11.5 Å². The van der Waals surface area contributed by atoms with Crippen molar-refractivity contribution < 1.29 is 19.1 Å². The molecule has 10 heteroatoms. The summed E-state index contributed by atoms with van der Waals surface area (Å²) < 4.78 is 9.42. The van der Waals surface area contributed by atoms with Crippen molar-refractivity contribution in [3.05, 3.63) is 34.8 Å². The molecule has 2 aromatic rings. The number of benzene rings is 1. The Bertz CT molecular complexity index is 1040. The van der Waals surface area contributed by atoms with Gasteiger partial charge in [0.2, 0.25) is 5.91 Å². The summed E-state index contributed by atoms with van der Waals surface area (Å²) in [6, 6.07) is 7.12. The molecule has 0 spiro atoms. The molecular formula is C25H33N5O4S. The lowest BCUT2D eigenvalue weighted by Crippen LogP contribution is -2.43. The van der Waals surface area contributed by atoms with Crippen LogP contribution in [0.5, 0.6) is 5.75 Å². The summed E-state index contributed by atoms with van der Waals surface area (Å²) in [6.45, 7) is -0.164. The molecule has 1 heterocycles. The number of ether oxygens (including phenoxy) is 1. The second kappa shape index (κ2) is 11.5. The summed E-state index contributed by atoms with van der Waals surface area (Å²) >= 11 is 0.882. The van der Waals surface area contributed by atoms with Gasteiger partial charge < -0.3 is 21.1 Å². The molecule has 3 amide bonds. The number of hydrogen-bond donors (Lipinski definition) is 3. The van der Waals surface area contributed by atoms with E-state index in [1.165, 1.54) is 11.3 Å². The normalized spacial score (nSPS) is 16.6. The highest BCUT2D eigenvalue weighted by Crippen LogP contribution is 2.28. The molecule has 4 rings (SSSR count). The fourth-order valence-electron chi connectivity index (χ4n) is 4.77. The van der Waals surface area contributed by atoms with E-state index in [9.17, 15) is 14.4 Å². The van der Waals surface area contributed by atoms with Crippen molar-refractivity contribution >= 4 is 40.6 Å². The van der Waals surface area contributed by atoms with E-state index < -0.39 is 5.91 Å². The summed E-state index contributed by atoms with van der Waals surface area (Å²) in [6.07, 6.45) is 9.30. The molecule has 1 aromatic heterocycles. The number of nitrogen functional groups attached to an aromatic ring is 1. The number of methoxy groups -OCH3 is 1. The van der Waals surface area contributed by atoms with E-state index in [0.717, 1.165) is 62.9 Å². The van der Waals surface area contributed by atoms with Gasteiger partial charge in [-0.25, -0.2) is 0 Å². The van der Waals surface area contributed by atoms with Crippen LogP contribution in [-0.2, 0) is 4.79 Å². The topological polar surface area (TPSA) is 127 Å². The molecule has 0 unspecified atom stereocenters. The SMILES string of the molecule is COc1ccc(N(CC(=O)NC2CCCC2)C(=O)c2snc(C(=O)NC3CCCCC3)c2N)cc1. The summed E-state index contributed by atoms with van der Waals surface area (Å²) in [5.74, 6) is -0.432. The Morgan fingerprint density at radius 1 is 1.00 bits per heavy atom. The van der Waals surface area contributed by atoms with E-state index in [4.69, 9.17) is 10.5 Å². The maximum absolute atomic E-state index is 13.6. The van der Waals surface area contributed by atoms with Crippen LogP contribution in [0.25, 0.3) is 0 Å². The predicted molar refractivity (Wildman–Crippen MR) is 136 cm³/mol. The molecule has 0 saturated heterocycles. The van der Waals surface area contributed by atoms with Gasteiger partial charge in [0.15, 0.2) is 5.69 Å². The van der Waals surface area contributed by atoms with Crippen LogP contribution in [0.3, 0.4) is 0 Å². The Morgan fingerprint density at radius 3 is 2.23 bits per heavy atom. The third-order valence-electron chi connectivity index (χ3n) is 6.73. The number of amides is 3. The third-order valence-corrected chi connectivity index (χ3v) is 7.58. The smallest absolute Gasteiger partial charge is 0.273 e. The molecule has 188 valence electrons. The van der Waals surface area contributed by atoms with Crippen molar-refractivity contribution in [2.45, 2.75) is 69.9 Å². The molecule has 0 aliphatic heterocycles. The highest BCUT2D eigenvalue weighted by molar-refractivity contribution is 7.09. The van der Waals surface area contributed by atoms with E-state index in [2.05, 4.69) is 15.0 Å². The molecule has 35 heavy (non-hydrogen) atoms. The van der Waals surface area contributed by atoms with E-state index in [0.29, 0.717) is 11.4 Å². The van der Waals surface area contributed by atoms with Gasteiger partial charge in [0.1, 0.15) is 17.2 Å². The standard InChI is InChI=1S/C25H33N5O4S/c1-34-19-13-11-18(12-14-19)30(15-20(31)27-16-9-5-6-10-16)25(33)23-21(26)22(29-35-23)24(32)28-17-7-3-2-4-8-17/h11-14,16-17H,2-10,15,26H2,1H3,(H,27,31)(H,28,32). The zero-order chi connectivity index (χ0) is 24.8. The number of rotatable bonds is 8. The molecule has 0 bridgehead atoms. The Kier molecular flexibility index (Phi) is 8.22. The molecule has 4 N–H and O–H groups in total. The minimum atomic E-state index is -0.469. The first-order valence-electron chi connectivity index (χ1n) is 12.3. The summed E-state index contributed by atoms with van der Waals surface area (Å²) in [4.78, 5) is 40.7.